The lowest BCUT2D eigenvalue weighted by Crippen LogP contribution is -2.34. The number of rotatable bonds is 8. The van der Waals surface area contributed by atoms with Crippen LogP contribution in [0.4, 0.5) is 0 Å². The zero-order valence-corrected chi connectivity index (χ0v) is 14.9. The van der Waals surface area contributed by atoms with E-state index >= 15 is 0 Å². The van der Waals surface area contributed by atoms with Crippen molar-refractivity contribution in [2.75, 3.05) is 13.1 Å². The summed E-state index contributed by atoms with van der Waals surface area (Å²) in [6.45, 7) is 0.274. The maximum Gasteiger partial charge on any atom is 0.242 e. The summed E-state index contributed by atoms with van der Waals surface area (Å²) in [7, 11) is -3.79. The van der Waals surface area contributed by atoms with E-state index in [4.69, 9.17) is 22.4 Å². The van der Waals surface area contributed by atoms with Crippen LogP contribution in [0.3, 0.4) is 0 Å². The van der Waals surface area contributed by atoms with Crippen molar-refractivity contribution in [3.05, 3.63) is 53.4 Å². The number of hydrogen-bond acceptors (Lipinski definition) is 4. The van der Waals surface area contributed by atoms with Crippen molar-refractivity contribution in [2.24, 2.45) is 0 Å². The number of sulfonamides is 1. The lowest BCUT2D eigenvalue weighted by atomic mass is 10.3. The van der Waals surface area contributed by atoms with Crippen molar-refractivity contribution in [1.29, 1.82) is 0 Å². The maximum absolute atomic E-state index is 12.3. The normalized spacial score (nSPS) is 11.0. The lowest BCUT2D eigenvalue weighted by molar-refractivity contribution is -0.131. The summed E-state index contributed by atoms with van der Waals surface area (Å²) in [5.41, 5.74) is 0. The Morgan fingerprint density at radius 1 is 1.28 bits per heavy atom. The molecule has 0 saturated carbocycles. The molecule has 0 aliphatic rings. The highest BCUT2D eigenvalue weighted by Crippen LogP contribution is 2.20. The Kier molecular flexibility index (Phi) is 6.65. The molecule has 0 fully saturated rings. The molecule has 0 aliphatic heterocycles. The third kappa shape index (κ3) is 5.36. The lowest BCUT2D eigenvalue weighted by Gasteiger charge is -2.19. The average molecular weight is 381 g/mol. The number of halogens is 1. The predicted molar refractivity (Wildman–Crippen MR) is 94.2 cm³/mol. The van der Waals surface area contributed by atoms with Crippen LogP contribution < -0.4 is 4.72 Å². The van der Waals surface area contributed by atoms with Crippen molar-refractivity contribution < 1.29 is 17.6 Å². The van der Waals surface area contributed by atoms with Crippen LogP contribution in [0.5, 0.6) is 0 Å². The monoisotopic (exact) mass is 380 g/mol. The van der Waals surface area contributed by atoms with Crippen LogP contribution in [0.25, 0.3) is 0 Å². The minimum Gasteiger partial charge on any atom is -0.467 e. The number of nitrogens with zero attached hydrogens (tertiary/aromatic N) is 1. The van der Waals surface area contributed by atoms with Gasteiger partial charge in [-0.3, -0.25) is 4.79 Å². The highest BCUT2D eigenvalue weighted by Gasteiger charge is 2.19. The molecule has 2 aromatic rings. The first-order chi connectivity index (χ1) is 11.9. The molecule has 1 amide bonds. The number of nitrogens with one attached hydrogen (secondary N) is 1. The molecule has 0 unspecified atom stereocenters. The first-order valence-electron chi connectivity index (χ1n) is 7.42. The Morgan fingerprint density at radius 3 is 2.68 bits per heavy atom. The Bertz CT molecular complexity index is 857. The molecule has 25 heavy (non-hydrogen) atoms. The molecule has 1 heterocycles. The van der Waals surface area contributed by atoms with Crippen molar-refractivity contribution >= 4 is 27.5 Å². The van der Waals surface area contributed by atoms with E-state index in [9.17, 15) is 13.2 Å². The fourth-order valence-electron chi connectivity index (χ4n) is 2.12. The van der Waals surface area contributed by atoms with Gasteiger partial charge >= 0.3 is 0 Å². The van der Waals surface area contributed by atoms with E-state index < -0.39 is 10.0 Å². The number of benzene rings is 1. The average Bonchev–Trinajstić information content (AvgIpc) is 3.07. The minimum atomic E-state index is -3.79. The first kappa shape index (κ1) is 19.1. The number of furan rings is 1. The Hall–Kier alpha value is -2.27. The van der Waals surface area contributed by atoms with Gasteiger partial charge in [-0.25, -0.2) is 13.1 Å². The van der Waals surface area contributed by atoms with Gasteiger partial charge in [0, 0.05) is 13.0 Å². The molecule has 0 saturated heterocycles. The summed E-state index contributed by atoms with van der Waals surface area (Å²) in [6, 6.07) is 9.54. The van der Waals surface area contributed by atoms with Gasteiger partial charge in [0.1, 0.15) is 10.7 Å². The van der Waals surface area contributed by atoms with E-state index in [-0.39, 0.29) is 41.9 Å². The molecule has 0 bridgehead atoms. The molecule has 0 spiro atoms. The highest BCUT2D eigenvalue weighted by atomic mass is 35.5. The van der Waals surface area contributed by atoms with Crippen molar-refractivity contribution in [3.8, 4) is 12.3 Å². The molecule has 6 nitrogen and oxygen atoms in total. The third-order valence-corrected chi connectivity index (χ3v) is 5.28. The van der Waals surface area contributed by atoms with Gasteiger partial charge in [0.15, 0.2) is 0 Å². The maximum atomic E-state index is 12.3. The van der Waals surface area contributed by atoms with Crippen LogP contribution in [0.1, 0.15) is 12.2 Å². The molecule has 132 valence electrons. The second-order valence-corrected chi connectivity index (χ2v) is 7.25. The molecule has 0 radical (unpaired) electrons. The van der Waals surface area contributed by atoms with Crippen LogP contribution in [0, 0.1) is 12.3 Å². The van der Waals surface area contributed by atoms with Gasteiger partial charge in [0.25, 0.3) is 0 Å². The zero-order valence-electron chi connectivity index (χ0n) is 13.3. The van der Waals surface area contributed by atoms with Gasteiger partial charge in [-0.2, -0.15) is 0 Å². The number of carbonyl (C=O) groups is 1. The van der Waals surface area contributed by atoms with Gasteiger partial charge < -0.3 is 9.32 Å². The summed E-state index contributed by atoms with van der Waals surface area (Å²) >= 11 is 5.89. The molecular formula is C17H17ClN2O4S. The largest absolute Gasteiger partial charge is 0.467 e. The molecule has 1 aromatic carbocycles. The molecule has 1 aromatic heterocycles. The van der Waals surface area contributed by atoms with Gasteiger partial charge in [-0.1, -0.05) is 29.7 Å². The smallest absolute Gasteiger partial charge is 0.242 e. The third-order valence-electron chi connectivity index (χ3n) is 3.32. The summed E-state index contributed by atoms with van der Waals surface area (Å²) in [4.78, 5) is 13.7. The van der Waals surface area contributed by atoms with Gasteiger partial charge in [0.05, 0.1) is 24.4 Å². The fraction of sp³-hybridized carbons (Fsp3) is 0.235. The predicted octanol–water partition coefficient (Wildman–Crippen LogP) is 2.26. The molecule has 2 rings (SSSR count). The summed E-state index contributed by atoms with van der Waals surface area (Å²) in [5.74, 6) is 2.72. The summed E-state index contributed by atoms with van der Waals surface area (Å²) in [6.07, 6.45) is 6.76. The van der Waals surface area contributed by atoms with Crippen molar-refractivity contribution in [3.63, 3.8) is 0 Å². The van der Waals surface area contributed by atoms with E-state index in [1.54, 1.807) is 24.3 Å². The SMILES string of the molecule is C#CCN(Cc1ccco1)C(=O)CCNS(=O)(=O)c1ccccc1Cl. The number of amides is 1. The molecule has 8 heteroatoms. The van der Waals surface area contributed by atoms with Crippen LogP contribution in [-0.4, -0.2) is 32.3 Å². The van der Waals surface area contributed by atoms with E-state index in [1.807, 2.05) is 0 Å². The van der Waals surface area contributed by atoms with Gasteiger partial charge in [0.2, 0.25) is 15.9 Å². The number of terminal acetylenes is 1. The van der Waals surface area contributed by atoms with Crippen LogP contribution >= 0.6 is 11.6 Å². The fourth-order valence-corrected chi connectivity index (χ4v) is 3.67. The molecule has 1 N–H and O–H groups in total. The van der Waals surface area contributed by atoms with E-state index in [1.165, 1.54) is 23.3 Å². The quantitative estimate of drug-likeness (QED) is 0.712. The van der Waals surface area contributed by atoms with Gasteiger partial charge in [-0.05, 0) is 24.3 Å². The molecular weight excluding hydrogens is 364 g/mol. The second-order valence-electron chi connectivity index (χ2n) is 5.11. The van der Waals surface area contributed by atoms with E-state index in [2.05, 4.69) is 10.6 Å². The standard InChI is InChI=1S/C17H17ClN2O4S/c1-2-11-20(13-14-6-5-12-24-14)17(21)9-10-19-25(22,23)16-8-4-3-7-15(16)18/h1,3-8,12,19H,9-11,13H2. The Labute approximate surface area is 151 Å². The van der Waals surface area contributed by atoms with Crippen molar-refractivity contribution in [1.82, 2.24) is 9.62 Å². The highest BCUT2D eigenvalue weighted by molar-refractivity contribution is 7.89. The van der Waals surface area contributed by atoms with E-state index in [0.29, 0.717) is 5.76 Å². The number of carbonyl (C=O) groups excluding carboxylic acids is 1. The van der Waals surface area contributed by atoms with Crippen LogP contribution in [-0.2, 0) is 21.4 Å². The van der Waals surface area contributed by atoms with Gasteiger partial charge in [-0.15, -0.1) is 6.42 Å². The molecule has 0 atom stereocenters. The second kappa shape index (κ2) is 8.72. The number of hydrogen-bond donors (Lipinski definition) is 1. The minimum absolute atomic E-state index is 0.0276. The van der Waals surface area contributed by atoms with Crippen molar-refractivity contribution in [2.45, 2.75) is 17.9 Å². The summed E-state index contributed by atoms with van der Waals surface area (Å²) < 4.78 is 32.0. The molecule has 0 aliphatic carbocycles. The Morgan fingerprint density at radius 2 is 2.04 bits per heavy atom. The van der Waals surface area contributed by atoms with Crippen LogP contribution in [0.15, 0.2) is 52.0 Å². The topological polar surface area (TPSA) is 79.6 Å². The first-order valence-corrected chi connectivity index (χ1v) is 9.28. The van der Waals surface area contributed by atoms with E-state index in [0.717, 1.165) is 0 Å². The van der Waals surface area contributed by atoms with Crippen LogP contribution in [0.2, 0.25) is 5.02 Å². The zero-order chi connectivity index (χ0) is 18.3. The Balaban J connectivity index is 1.94. The summed E-state index contributed by atoms with van der Waals surface area (Å²) in [5, 5.41) is 0.119.